The highest BCUT2D eigenvalue weighted by Gasteiger charge is 2.14. The molecule has 0 amide bonds. The van der Waals surface area contributed by atoms with Gasteiger partial charge in [0.15, 0.2) is 0 Å². The van der Waals surface area contributed by atoms with Crippen molar-refractivity contribution in [2.75, 3.05) is 5.32 Å². The molecule has 4 rings (SSSR count). The van der Waals surface area contributed by atoms with Gasteiger partial charge in [0, 0.05) is 42.4 Å². The van der Waals surface area contributed by atoms with Gasteiger partial charge in [-0.15, -0.1) is 0 Å². The summed E-state index contributed by atoms with van der Waals surface area (Å²) < 4.78 is 3.45. The van der Waals surface area contributed by atoms with Crippen LogP contribution in [-0.4, -0.2) is 25.0 Å². The average Bonchev–Trinajstić information content (AvgIpc) is 3.28. The van der Waals surface area contributed by atoms with Gasteiger partial charge in [-0.25, -0.2) is 9.78 Å². The van der Waals surface area contributed by atoms with Crippen LogP contribution in [0.15, 0.2) is 65.6 Å². The summed E-state index contributed by atoms with van der Waals surface area (Å²) in [6.07, 6.45) is 3.65. The number of fused-ring (bicyclic) bond motifs is 1. The number of aryl methyl sites for hydroxylation is 1. The molecule has 0 bridgehead atoms. The molecule has 0 aliphatic heterocycles. The monoisotopic (exact) mass is 475 g/mol. The zero-order valence-electron chi connectivity index (χ0n) is 18.2. The van der Waals surface area contributed by atoms with E-state index in [0.717, 1.165) is 24.0 Å². The van der Waals surface area contributed by atoms with Gasteiger partial charge in [-0.3, -0.25) is 13.8 Å². The summed E-state index contributed by atoms with van der Waals surface area (Å²) in [4.78, 5) is 28.7. The Kier molecular flexibility index (Phi) is 6.95. The number of nitrogens with zero attached hydrogens (tertiary/aromatic N) is 4. The predicted molar refractivity (Wildman–Crippen MR) is 130 cm³/mol. The minimum atomic E-state index is -0.980. The van der Waals surface area contributed by atoms with E-state index in [0.29, 0.717) is 41.8 Å². The fraction of sp³-hybridized carbons (Fsp3) is 0.200. The van der Waals surface area contributed by atoms with Crippen LogP contribution < -0.4 is 10.9 Å². The van der Waals surface area contributed by atoms with Crippen LogP contribution in [0.2, 0.25) is 5.02 Å². The van der Waals surface area contributed by atoms with Crippen molar-refractivity contribution in [2.45, 2.75) is 32.4 Å². The van der Waals surface area contributed by atoms with E-state index in [9.17, 15) is 9.59 Å². The van der Waals surface area contributed by atoms with Gasteiger partial charge in [0.25, 0.3) is 5.56 Å². The van der Waals surface area contributed by atoms with Crippen molar-refractivity contribution in [2.24, 2.45) is 0 Å². The maximum absolute atomic E-state index is 12.9. The summed E-state index contributed by atoms with van der Waals surface area (Å²) in [7, 11) is 0. The Morgan fingerprint density at radius 3 is 2.53 bits per heavy atom. The van der Waals surface area contributed by atoms with Crippen LogP contribution in [-0.2, 0) is 13.1 Å². The third-order valence-electron chi connectivity index (χ3n) is 5.45. The predicted octanol–water partition coefficient (Wildman–Crippen LogP) is 4.82. The molecule has 0 radical (unpaired) electrons. The number of anilines is 1. The van der Waals surface area contributed by atoms with E-state index in [4.69, 9.17) is 27.0 Å². The number of rotatable bonds is 9. The molecule has 2 aromatic carbocycles. The van der Waals surface area contributed by atoms with E-state index in [-0.39, 0.29) is 11.1 Å². The molecule has 34 heavy (non-hydrogen) atoms. The van der Waals surface area contributed by atoms with Gasteiger partial charge < -0.3 is 10.4 Å². The standard InChI is InChI=1S/C25H22ClN5O3/c26-20-10-8-18(9-11-20)21-16-31-23(32)14-22(30(25(31)29-21)13-3-1-2-12-27)28-15-17-4-6-19(7-5-17)24(33)34/h4-11,14,16,28H,1-3,13,15H2,(H,33,34). The van der Waals surface area contributed by atoms with Gasteiger partial charge in [0.1, 0.15) is 5.82 Å². The lowest BCUT2D eigenvalue weighted by molar-refractivity contribution is 0.0697. The van der Waals surface area contributed by atoms with Crippen LogP contribution in [0.4, 0.5) is 5.82 Å². The number of hydrogen-bond acceptors (Lipinski definition) is 5. The van der Waals surface area contributed by atoms with E-state index >= 15 is 0 Å². The zero-order valence-corrected chi connectivity index (χ0v) is 19.0. The molecule has 2 N–H and O–H groups in total. The summed E-state index contributed by atoms with van der Waals surface area (Å²) in [6.45, 7) is 0.973. The Morgan fingerprint density at radius 2 is 1.85 bits per heavy atom. The molecule has 8 nitrogen and oxygen atoms in total. The lowest BCUT2D eigenvalue weighted by Crippen LogP contribution is -2.20. The van der Waals surface area contributed by atoms with Crippen molar-refractivity contribution in [1.82, 2.24) is 14.0 Å². The number of benzene rings is 2. The van der Waals surface area contributed by atoms with Gasteiger partial charge in [0.2, 0.25) is 5.78 Å². The van der Waals surface area contributed by atoms with Crippen LogP contribution in [0.5, 0.6) is 0 Å². The Hall–Kier alpha value is -4.09. The van der Waals surface area contributed by atoms with E-state index in [1.54, 1.807) is 42.6 Å². The molecular formula is C25H22ClN5O3. The van der Waals surface area contributed by atoms with Gasteiger partial charge >= 0.3 is 5.97 Å². The lowest BCUT2D eigenvalue weighted by Gasteiger charge is -2.16. The van der Waals surface area contributed by atoms with Crippen molar-refractivity contribution in [3.63, 3.8) is 0 Å². The van der Waals surface area contributed by atoms with Gasteiger partial charge in [-0.05, 0) is 42.7 Å². The van der Waals surface area contributed by atoms with Crippen LogP contribution in [0.1, 0.15) is 35.2 Å². The molecule has 0 atom stereocenters. The average molecular weight is 476 g/mol. The smallest absolute Gasteiger partial charge is 0.335 e. The molecule has 9 heteroatoms. The number of aromatic nitrogens is 3. The number of carbonyl (C=O) groups is 1. The molecule has 0 aliphatic rings. The van der Waals surface area contributed by atoms with Crippen molar-refractivity contribution >= 4 is 29.2 Å². The molecule has 2 aromatic heterocycles. The fourth-order valence-electron chi connectivity index (χ4n) is 3.65. The van der Waals surface area contributed by atoms with Gasteiger partial charge in [0.05, 0.1) is 17.3 Å². The third kappa shape index (κ3) is 5.11. The number of unbranched alkanes of at least 4 members (excludes halogenated alkanes) is 2. The largest absolute Gasteiger partial charge is 0.478 e. The first-order valence-corrected chi connectivity index (χ1v) is 11.2. The maximum atomic E-state index is 12.9. The second-order valence-corrected chi connectivity index (χ2v) is 8.23. The molecule has 0 saturated heterocycles. The first-order chi connectivity index (χ1) is 16.5. The van der Waals surface area contributed by atoms with E-state index in [1.165, 1.54) is 10.5 Å². The molecule has 0 spiro atoms. The molecule has 0 saturated carbocycles. The number of imidazole rings is 1. The fourth-order valence-corrected chi connectivity index (χ4v) is 3.78. The zero-order chi connectivity index (χ0) is 24.1. The number of nitriles is 1. The number of carboxylic acid groups (broad SMARTS) is 1. The van der Waals surface area contributed by atoms with Crippen molar-refractivity contribution < 1.29 is 9.90 Å². The highest BCUT2D eigenvalue weighted by atomic mass is 35.5. The molecule has 0 unspecified atom stereocenters. The van der Waals surface area contributed by atoms with Gasteiger partial charge in [-0.1, -0.05) is 35.9 Å². The SMILES string of the molecule is N#CCCCCn1c(NCc2ccc(C(=O)O)cc2)cc(=O)n2cc(-c3ccc(Cl)cc3)nc12. The molecular weight excluding hydrogens is 454 g/mol. The normalized spacial score (nSPS) is 10.8. The third-order valence-corrected chi connectivity index (χ3v) is 5.70. The van der Waals surface area contributed by atoms with Crippen LogP contribution in [0.25, 0.3) is 17.0 Å². The van der Waals surface area contributed by atoms with Crippen LogP contribution in [0, 0.1) is 11.3 Å². The quantitative estimate of drug-likeness (QED) is 0.335. The Labute approximate surface area is 200 Å². The van der Waals surface area contributed by atoms with E-state index in [1.807, 2.05) is 16.7 Å². The van der Waals surface area contributed by atoms with Crippen LogP contribution >= 0.6 is 11.6 Å². The minimum Gasteiger partial charge on any atom is -0.478 e. The molecule has 0 fully saturated rings. The number of halogens is 1. The summed E-state index contributed by atoms with van der Waals surface area (Å²) >= 11 is 6.00. The van der Waals surface area contributed by atoms with Crippen molar-refractivity contribution in [3.05, 3.63) is 87.3 Å². The second kappa shape index (κ2) is 10.2. The molecule has 2 heterocycles. The summed E-state index contributed by atoms with van der Waals surface area (Å²) in [5.41, 5.74) is 2.36. The minimum absolute atomic E-state index is 0.215. The van der Waals surface area contributed by atoms with Crippen molar-refractivity contribution in [1.29, 1.82) is 5.26 Å². The lowest BCUT2D eigenvalue weighted by atomic mass is 10.1. The number of aromatic carboxylic acids is 1. The maximum Gasteiger partial charge on any atom is 0.335 e. The van der Waals surface area contributed by atoms with Gasteiger partial charge in [-0.2, -0.15) is 5.26 Å². The highest BCUT2D eigenvalue weighted by molar-refractivity contribution is 6.30. The van der Waals surface area contributed by atoms with Crippen LogP contribution in [0.3, 0.4) is 0 Å². The Bertz CT molecular complexity index is 1420. The number of carboxylic acids is 1. The van der Waals surface area contributed by atoms with E-state index < -0.39 is 5.97 Å². The summed E-state index contributed by atoms with van der Waals surface area (Å²) in [5, 5.41) is 21.9. The summed E-state index contributed by atoms with van der Waals surface area (Å²) in [6, 6.07) is 17.5. The molecule has 4 aromatic rings. The Balaban J connectivity index is 1.68. The topological polar surface area (TPSA) is 112 Å². The Morgan fingerprint density at radius 1 is 1.12 bits per heavy atom. The first-order valence-electron chi connectivity index (χ1n) is 10.8. The van der Waals surface area contributed by atoms with E-state index in [2.05, 4.69) is 11.4 Å². The number of nitrogens with one attached hydrogen (secondary N) is 1. The number of hydrogen-bond donors (Lipinski definition) is 2. The highest BCUT2D eigenvalue weighted by Crippen LogP contribution is 2.22. The molecule has 0 aliphatic carbocycles. The van der Waals surface area contributed by atoms with Crippen molar-refractivity contribution in [3.8, 4) is 17.3 Å². The molecule has 172 valence electrons. The second-order valence-electron chi connectivity index (χ2n) is 7.79. The first kappa shape index (κ1) is 23.1. The summed E-state index contributed by atoms with van der Waals surface area (Å²) in [5.74, 6) is 0.120.